The van der Waals surface area contributed by atoms with E-state index in [-0.39, 0.29) is 42.5 Å². The first-order chi connectivity index (χ1) is 18.2. The van der Waals surface area contributed by atoms with Gasteiger partial charge in [-0.15, -0.1) is 0 Å². The van der Waals surface area contributed by atoms with E-state index in [1.807, 2.05) is 25.1 Å². The van der Waals surface area contributed by atoms with Gasteiger partial charge in [0.05, 0.1) is 20.8 Å². The number of aromatic hydroxyl groups is 1. The number of carbonyl (C=O) groups is 2. The first-order valence-corrected chi connectivity index (χ1v) is 12.3. The van der Waals surface area contributed by atoms with Gasteiger partial charge in [-0.05, 0) is 49.5 Å². The van der Waals surface area contributed by atoms with E-state index in [1.165, 1.54) is 19.1 Å². The minimum atomic E-state index is -0.883. The Hall–Kier alpha value is -3.86. The molecule has 38 heavy (non-hydrogen) atoms. The van der Waals surface area contributed by atoms with Crippen LogP contribution < -0.4 is 18.9 Å². The lowest BCUT2D eigenvalue weighted by molar-refractivity contribution is -0.144. The number of amides is 1. The highest BCUT2D eigenvalue weighted by atomic mass is 16.7. The number of rotatable bonds is 7. The van der Waals surface area contributed by atoms with Crippen LogP contribution in [-0.4, -0.2) is 88.8 Å². The zero-order valence-corrected chi connectivity index (χ0v) is 22.1. The number of esters is 1. The maximum Gasteiger partial charge on any atom is 0.410 e. The number of hydrogen-bond donors (Lipinski definition) is 1. The van der Waals surface area contributed by atoms with E-state index in [4.69, 9.17) is 28.4 Å². The number of nitrogens with zero attached hydrogens (tertiary/aromatic N) is 2. The summed E-state index contributed by atoms with van der Waals surface area (Å²) in [5.74, 6) is -0.500. The Labute approximate surface area is 220 Å². The molecule has 2 aliphatic heterocycles. The van der Waals surface area contributed by atoms with Crippen molar-refractivity contribution in [2.24, 2.45) is 11.8 Å². The molecule has 3 aliphatic rings. The molecule has 1 aliphatic carbocycles. The maximum absolute atomic E-state index is 13.1. The van der Waals surface area contributed by atoms with E-state index >= 15 is 0 Å². The number of benzene rings is 2. The SMILES string of the molecule is COc1cc([C@@H]2c3cc4c(cc3[C@H](OC(=O)N(C)CCN(C)C)[C@H]3C(=O)OC[C@H]23)OCO4)cc(OC)c1O. The summed E-state index contributed by atoms with van der Waals surface area (Å²) in [6.07, 6.45) is -1.42. The summed E-state index contributed by atoms with van der Waals surface area (Å²) in [6.45, 7) is 1.32. The fourth-order valence-corrected chi connectivity index (χ4v) is 5.41. The Morgan fingerprint density at radius 1 is 0.974 bits per heavy atom. The number of cyclic esters (lactones) is 1. The van der Waals surface area contributed by atoms with Crippen LogP contribution in [0.2, 0.25) is 0 Å². The molecule has 4 atom stereocenters. The number of methoxy groups -OCH3 is 2. The van der Waals surface area contributed by atoms with Crippen LogP contribution in [0.5, 0.6) is 28.7 Å². The highest BCUT2D eigenvalue weighted by molar-refractivity contribution is 5.79. The molecule has 2 aromatic rings. The minimum Gasteiger partial charge on any atom is -0.502 e. The van der Waals surface area contributed by atoms with Crippen molar-refractivity contribution in [2.75, 3.05) is 61.9 Å². The molecule has 1 fully saturated rings. The van der Waals surface area contributed by atoms with Gasteiger partial charge in [-0.2, -0.15) is 0 Å². The second kappa shape index (κ2) is 10.1. The molecular weight excluding hydrogens is 496 g/mol. The average Bonchev–Trinajstić information content (AvgIpc) is 3.52. The van der Waals surface area contributed by atoms with Crippen molar-refractivity contribution >= 4 is 12.1 Å². The molecule has 0 saturated carbocycles. The summed E-state index contributed by atoms with van der Waals surface area (Å²) in [4.78, 5) is 29.7. The molecule has 2 aromatic carbocycles. The predicted molar refractivity (Wildman–Crippen MR) is 134 cm³/mol. The minimum absolute atomic E-state index is 0.0658. The van der Waals surface area contributed by atoms with Gasteiger partial charge in [0.25, 0.3) is 0 Å². The smallest absolute Gasteiger partial charge is 0.410 e. The van der Waals surface area contributed by atoms with Gasteiger partial charge in [0.2, 0.25) is 12.5 Å². The fourth-order valence-electron chi connectivity index (χ4n) is 5.41. The third-order valence-electron chi connectivity index (χ3n) is 7.41. The highest BCUT2D eigenvalue weighted by Gasteiger charge is 2.54. The van der Waals surface area contributed by atoms with Crippen LogP contribution in [0.15, 0.2) is 24.3 Å². The summed E-state index contributed by atoms with van der Waals surface area (Å²) < 4.78 is 33.7. The van der Waals surface area contributed by atoms with Crippen LogP contribution in [0.1, 0.15) is 28.7 Å². The summed E-state index contributed by atoms with van der Waals surface area (Å²) >= 11 is 0. The normalized spacial score (nSPS) is 22.9. The Balaban J connectivity index is 1.62. The Morgan fingerprint density at radius 2 is 1.61 bits per heavy atom. The number of phenols is 1. The van der Waals surface area contributed by atoms with E-state index in [0.29, 0.717) is 30.2 Å². The van der Waals surface area contributed by atoms with Gasteiger partial charge >= 0.3 is 12.1 Å². The van der Waals surface area contributed by atoms with Crippen LogP contribution in [0, 0.1) is 11.8 Å². The molecule has 1 saturated heterocycles. The van der Waals surface area contributed by atoms with Crippen molar-refractivity contribution in [1.29, 1.82) is 0 Å². The van der Waals surface area contributed by atoms with E-state index in [9.17, 15) is 14.7 Å². The van der Waals surface area contributed by atoms with Crippen LogP contribution in [0.25, 0.3) is 0 Å². The molecule has 204 valence electrons. The topological polar surface area (TPSA) is 116 Å². The Bertz CT molecular complexity index is 1220. The lowest BCUT2D eigenvalue weighted by Crippen LogP contribution is -2.40. The van der Waals surface area contributed by atoms with Gasteiger partial charge in [-0.25, -0.2) is 4.79 Å². The van der Waals surface area contributed by atoms with Crippen molar-refractivity contribution in [3.05, 3.63) is 41.0 Å². The molecule has 0 unspecified atom stereocenters. The number of ether oxygens (including phenoxy) is 6. The molecule has 2 heterocycles. The van der Waals surface area contributed by atoms with E-state index in [2.05, 4.69) is 0 Å². The zero-order chi connectivity index (χ0) is 27.1. The van der Waals surface area contributed by atoms with Crippen molar-refractivity contribution in [1.82, 2.24) is 9.80 Å². The number of fused-ring (bicyclic) bond motifs is 3. The Morgan fingerprint density at radius 3 is 2.21 bits per heavy atom. The fraction of sp³-hybridized carbons (Fsp3) is 0.481. The lowest BCUT2D eigenvalue weighted by atomic mass is 9.66. The van der Waals surface area contributed by atoms with E-state index < -0.39 is 24.1 Å². The van der Waals surface area contributed by atoms with Gasteiger partial charge in [0, 0.05) is 37.5 Å². The lowest BCUT2D eigenvalue weighted by Gasteiger charge is -2.39. The molecule has 1 N–H and O–H groups in total. The van der Waals surface area contributed by atoms with Gasteiger partial charge in [0.15, 0.2) is 23.0 Å². The van der Waals surface area contributed by atoms with Crippen molar-refractivity contribution < 1.29 is 43.1 Å². The molecule has 11 nitrogen and oxygen atoms in total. The van der Waals surface area contributed by atoms with Gasteiger partial charge in [0.1, 0.15) is 12.0 Å². The zero-order valence-electron chi connectivity index (χ0n) is 22.1. The molecule has 1 amide bonds. The number of phenolic OH excluding ortho intramolecular Hbond substituents is 1. The van der Waals surface area contributed by atoms with Crippen LogP contribution in [0.3, 0.4) is 0 Å². The molecule has 0 radical (unpaired) electrons. The van der Waals surface area contributed by atoms with Crippen LogP contribution >= 0.6 is 0 Å². The summed E-state index contributed by atoms with van der Waals surface area (Å²) in [5.41, 5.74) is 2.19. The van der Waals surface area contributed by atoms with Crippen molar-refractivity contribution in [3.8, 4) is 28.7 Å². The third-order valence-corrected chi connectivity index (χ3v) is 7.41. The second-order valence-electron chi connectivity index (χ2n) is 9.93. The first kappa shape index (κ1) is 25.8. The third kappa shape index (κ3) is 4.40. The monoisotopic (exact) mass is 528 g/mol. The molecule has 0 spiro atoms. The van der Waals surface area contributed by atoms with Crippen LogP contribution in [0.4, 0.5) is 4.79 Å². The second-order valence-corrected chi connectivity index (χ2v) is 9.93. The number of likely N-dealkylation sites (N-methyl/N-ethyl adjacent to an activating group) is 2. The van der Waals surface area contributed by atoms with Crippen molar-refractivity contribution in [3.63, 3.8) is 0 Å². The van der Waals surface area contributed by atoms with Gasteiger partial charge in [-0.1, -0.05) is 0 Å². The summed E-state index contributed by atoms with van der Waals surface area (Å²) in [6, 6.07) is 7.08. The van der Waals surface area contributed by atoms with Gasteiger partial charge in [-0.3, -0.25) is 4.79 Å². The average molecular weight is 529 g/mol. The summed E-state index contributed by atoms with van der Waals surface area (Å²) in [7, 11) is 8.42. The first-order valence-electron chi connectivity index (χ1n) is 12.3. The molecule has 0 aromatic heterocycles. The number of carbonyl (C=O) groups excluding carboxylic acids is 2. The molecule has 5 rings (SSSR count). The molecule has 11 heteroatoms. The van der Waals surface area contributed by atoms with E-state index in [0.717, 1.165) is 11.1 Å². The molecule has 0 bridgehead atoms. The highest BCUT2D eigenvalue weighted by Crippen LogP contribution is 2.56. The summed E-state index contributed by atoms with van der Waals surface area (Å²) in [5, 5.41) is 10.5. The molecular formula is C27H32N2O9. The number of hydrogen-bond acceptors (Lipinski definition) is 10. The Kier molecular flexibility index (Phi) is 6.87. The largest absolute Gasteiger partial charge is 0.502 e. The van der Waals surface area contributed by atoms with Crippen molar-refractivity contribution in [2.45, 2.75) is 12.0 Å². The quantitative estimate of drug-likeness (QED) is 0.538. The van der Waals surface area contributed by atoms with Crippen LogP contribution in [-0.2, 0) is 14.3 Å². The standard InChI is InChI=1S/C27H32N2O9/c1-28(2)6-7-29(3)27(32)38-25-16-11-19-18(36-13-37-19)10-15(16)22(17-12-35-26(31)23(17)25)14-8-20(33-4)24(30)21(9-14)34-5/h8-11,17,22-23,25,30H,6-7,12-13H2,1-5H3/t17-,22-,23+,25+/m1/s1. The predicted octanol–water partition coefficient (Wildman–Crippen LogP) is 2.74. The maximum atomic E-state index is 13.1. The van der Waals surface area contributed by atoms with E-state index in [1.54, 1.807) is 25.2 Å². The van der Waals surface area contributed by atoms with Gasteiger partial charge < -0.3 is 43.3 Å².